The highest BCUT2D eigenvalue weighted by Gasteiger charge is 2.20. The highest BCUT2D eigenvalue weighted by molar-refractivity contribution is 6.31. The molecule has 0 aliphatic heterocycles. The number of ether oxygens (including phenoxy) is 4. The molecule has 2 rings (SSSR count). The van der Waals surface area contributed by atoms with Crippen LogP contribution in [0.25, 0.3) is 0 Å². The summed E-state index contributed by atoms with van der Waals surface area (Å²) in [7, 11) is 4.33. The van der Waals surface area contributed by atoms with Crippen molar-refractivity contribution in [3.05, 3.63) is 52.5 Å². The Labute approximate surface area is 150 Å². The van der Waals surface area contributed by atoms with Crippen LogP contribution in [0.3, 0.4) is 0 Å². The highest BCUT2D eigenvalue weighted by atomic mass is 35.5. The zero-order valence-electron chi connectivity index (χ0n) is 14.0. The maximum Gasteiger partial charge on any atom is 0.342 e. The number of esters is 1. The van der Waals surface area contributed by atoms with Gasteiger partial charge >= 0.3 is 5.97 Å². The molecule has 132 valence electrons. The summed E-state index contributed by atoms with van der Waals surface area (Å²) in [6.07, 6.45) is 0. The molecular formula is C18H17ClO6. The number of carbonyl (C=O) groups is 2. The van der Waals surface area contributed by atoms with Crippen molar-refractivity contribution in [2.45, 2.75) is 0 Å². The van der Waals surface area contributed by atoms with Gasteiger partial charge in [-0.2, -0.15) is 0 Å². The fraction of sp³-hybridized carbons (Fsp3) is 0.222. The largest absolute Gasteiger partial charge is 0.496 e. The van der Waals surface area contributed by atoms with Crippen LogP contribution in [0.15, 0.2) is 36.4 Å². The first-order chi connectivity index (χ1) is 12.0. The number of hydrogen-bond donors (Lipinski definition) is 0. The number of hydrogen-bond acceptors (Lipinski definition) is 6. The lowest BCUT2D eigenvalue weighted by molar-refractivity contribution is 0.0471. The van der Waals surface area contributed by atoms with Gasteiger partial charge in [0, 0.05) is 22.7 Å². The van der Waals surface area contributed by atoms with Crippen LogP contribution in [0.4, 0.5) is 0 Å². The molecule has 2 aromatic rings. The molecule has 0 heterocycles. The predicted molar refractivity (Wildman–Crippen MR) is 92.2 cm³/mol. The van der Waals surface area contributed by atoms with E-state index in [-0.39, 0.29) is 17.1 Å². The van der Waals surface area contributed by atoms with E-state index in [4.69, 9.17) is 30.5 Å². The summed E-state index contributed by atoms with van der Waals surface area (Å²) in [4.78, 5) is 24.4. The van der Waals surface area contributed by atoms with E-state index in [0.29, 0.717) is 22.1 Å². The van der Waals surface area contributed by atoms with Crippen LogP contribution in [-0.4, -0.2) is 39.7 Å². The van der Waals surface area contributed by atoms with Crippen molar-refractivity contribution in [2.75, 3.05) is 27.9 Å². The Morgan fingerprint density at radius 3 is 2.16 bits per heavy atom. The summed E-state index contributed by atoms with van der Waals surface area (Å²) in [5, 5.41) is 0.429. The SMILES string of the molecule is COc1cc(OC)c(C(=O)OCC(=O)c2cccc(Cl)c2)cc1OC. The van der Waals surface area contributed by atoms with E-state index >= 15 is 0 Å². The molecule has 6 nitrogen and oxygen atoms in total. The zero-order chi connectivity index (χ0) is 18.4. The molecule has 7 heteroatoms. The van der Waals surface area contributed by atoms with E-state index in [1.165, 1.54) is 39.5 Å². The second-order valence-corrected chi connectivity index (χ2v) is 5.35. The molecule has 25 heavy (non-hydrogen) atoms. The lowest BCUT2D eigenvalue weighted by atomic mass is 10.1. The zero-order valence-corrected chi connectivity index (χ0v) is 14.8. The molecule has 0 spiro atoms. The predicted octanol–water partition coefficient (Wildman–Crippen LogP) is 3.41. The molecule has 0 bridgehead atoms. The van der Waals surface area contributed by atoms with Crippen LogP contribution < -0.4 is 14.2 Å². The maximum atomic E-state index is 12.3. The molecule has 0 fully saturated rings. The molecule has 0 aromatic heterocycles. The second-order valence-electron chi connectivity index (χ2n) is 4.92. The number of benzene rings is 2. The van der Waals surface area contributed by atoms with Gasteiger partial charge in [-0.15, -0.1) is 0 Å². The summed E-state index contributed by atoms with van der Waals surface area (Å²) in [5.41, 5.74) is 0.485. The van der Waals surface area contributed by atoms with E-state index in [0.717, 1.165) is 0 Å². The van der Waals surface area contributed by atoms with Crippen LogP contribution in [-0.2, 0) is 4.74 Å². The summed E-state index contributed by atoms with van der Waals surface area (Å²) in [6.45, 7) is -0.420. The number of carbonyl (C=O) groups excluding carboxylic acids is 2. The minimum Gasteiger partial charge on any atom is -0.496 e. The number of halogens is 1. The summed E-state index contributed by atoms with van der Waals surface area (Å²) < 4.78 is 20.6. The second kappa shape index (κ2) is 8.39. The van der Waals surface area contributed by atoms with Gasteiger partial charge in [0.2, 0.25) is 0 Å². The Morgan fingerprint density at radius 2 is 1.56 bits per heavy atom. The lowest BCUT2D eigenvalue weighted by Crippen LogP contribution is -2.15. The minimum atomic E-state index is -0.715. The third kappa shape index (κ3) is 4.42. The summed E-state index contributed by atoms with van der Waals surface area (Å²) in [5.74, 6) is -0.0800. The normalized spacial score (nSPS) is 10.1. The van der Waals surface area contributed by atoms with Crippen LogP contribution in [0.5, 0.6) is 17.2 Å². The van der Waals surface area contributed by atoms with Gasteiger partial charge in [0.1, 0.15) is 11.3 Å². The fourth-order valence-electron chi connectivity index (χ4n) is 2.14. The van der Waals surface area contributed by atoms with Crippen LogP contribution in [0, 0.1) is 0 Å². The van der Waals surface area contributed by atoms with Crippen LogP contribution in [0.1, 0.15) is 20.7 Å². The van der Waals surface area contributed by atoms with Crippen molar-refractivity contribution in [3.8, 4) is 17.2 Å². The van der Waals surface area contributed by atoms with Gasteiger partial charge in [-0.3, -0.25) is 4.79 Å². The van der Waals surface area contributed by atoms with Gasteiger partial charge in [0.05, 0.1) is 21.3 Å². The van der Waals surface area contributed by atoms with Gasteiger partial charge in [0.25, 0.3) is 0 Å². The molecule has 0 radical (unpaired) electrons. The molecule has 0 unspecified atom stereocenters. The number of ketones is 1. The van der Waals surface area contributed by atoms with Gasteiger partial charge in [0.15, 0.2) is 23.9 Å². The van der Waals surface area contributed by atoms with Crippen molar-refractivity contribution in [1.29, 1.82) is 0 Å². The Morgan fingerprint density at radius 1 is 0.920 bits per heavy atom. The lowest BCUT2D eigenvalue weighted by Gasteiger charge is -2.13. The van der Waals surface area contributed by atoms with Gasteiger partial charge in [-0.1, -0.05) is 23.7 Å². The maximum absolute atomic E-state index is 12.3. The molecule has 0 N–H and O–H groups in total. The average Bonchev–Trinajstić information content (AvgIpc) is 2.64. The Kier molecular flexibility index (Phi) is 6.25. The monoisotopic (exact) mass is 364 g/mol. The molecular weight excluding hydrogens is 348 g/mol. The molecule has 0 aliphatic carbocycles. The third-order valence-corrected chi connectivity index (χ3v) is 3.64. The van der Waals surface area contributed by atoms with E-state index in [9.17, 15) is 9.59 Å². The first-order valence-corrected chi connectivity index (χ1v) is 7.63. The van der Waals surface area contributed by atoms with Gasteiger partial charge in [-0.05, 0) is 12.1 Å². The fourth-order valence-corrected chi connectivity index (χ4v) is 2.33. The Bertz CT molecular complexity index is 787. The minimum absolute atomic E-state index is 0.124. The van der Waals surface area contributed by atoms with Crippen molar-refractivity contribution >= 4 is 23.4 Å². The summed E-state index contributed by atoms with van der Waals surface area (Å²) in [6, 6.07) is 9.35. The van der Waals surface area contributed by atoms with E-state index in [2.05, 4.69) is 0 Å². The van der Waals surface area contributed by atoms with Crippen LogP contribution >= 0.6 is 11.6 Å². The molecule has 0 saturated carbocycles. The number of Topliss-reactive ketones (excluding diaryl/α,β-unsaturated/α-hetero) is 1. The van der Waals surface area contributed by atoms with Gasteiger partial charge < -0.3 is 18.9 Å². The molecule has 0 aliphatic rings. The van der Waals surface area contributed by atoms with Gasteiger partial charge in [-0.25, -0.2) is 4.79 Å². The first kappa shape index (κ1) is 18.6. The highest BCUT2D eigenvalue weighted by Crippen LogP contribution is 2.34. The van der Waals surface area contributed by atoms with E-state index in [1.807, 2.05) is 0 Å². The van der Waals surface area contributed by atoms with Crippen molar-refractivity contribution in [1.82, 2.24) is 0 Å². The van der Waals surface area contributed by atoms with E-state index < -0.39 is 12.6 Å². The molecule has 0 saturated heterocycles. The molecule has 2 aromatic carbocycles. The quantitative estimate of drug-likeness (QED) is 0.554. The van der Waals surface area contributed by atoms with Crippen molar-refractivity contribution < 1.29 is 28.5 Å². The number of methoxy groups -OCH3 is 3. The Balaban J connectivity index is 2.16. The van der Waals surface area contributed by atoms with Crippen molar-refractivity contribution in [3.63, 3.8) is 0 Å². The Hall–Kier alpha value is -2.73. The smallest absolute Gasteiger partial charge is 0.342 e. The van der Waals surface area contributed by atoms with E-state index in [1.54, 1.807) is 18.2 Å². The standard InChI is InChI=1S/C18H17ClO6/c1-22-15-9-17(24-3)16(23-2)8-13(15)18(21)25-10-14(20)11-5-4-6-12(19)7-11/h4-9H,10H2,1-3H3. The number of rotatable bonds is 7. The third-order valence-electron chi connectivity index (χ3n) is 3.41. The topological polar surface area (TPSA) is 71.1 Å². The van der Waals surface area contributed by atoms with Crippen molar-refractivity contribution in [2.24, 2.45) is 0 Å². The van der Waals surface area contributed by atoms with Crippen LogP contribution in [0.2, 0.25) is 5.02 Å². The first-order valence-electron chi connectivity index (χ1n) is 7.26. The summed E-state index contributed by atoms with van der Waals surface area (Å²) >= 11 is 5.85. The molecule has 0 atom stereocenters. The average molecular weight is 365 g/mol. The molecule has 0 amide bonds.